The van der Waals surface area contributed by atoms with Crippen LogP contribution in [0.3, 0.4) is 0 Å². The fourth-order valence-electron chi connectivity index (χ4n) is 1.34. The summed E-state index contributed by atoms with van der Waals surface area (Å²) in [5.41, 5.74) is 0.970. The van der Waals surface area contributed by atoms with Crippen LogP contribution in [0.25, 0.3) is 11.4 Å². The minimum Gasteiger partial charge on any atom is -0.322 e. The molecule has 1 aromatic heterocycles. The van der Waals surface area contributed by atoms with Crippen molar-refractivity contribution in [3.63, 3.8) is 0 Å². The molecule has 0 saturated carbocycles. The average Bonchev–Trinajstić information content (AvgIpc) is 2.50. The highest BCUT2D eigenvalue weighted by molar-refractivity contribution is 14.1. The van der Waals surface area contributed by atoms with E-state index in [9.17, 15) is 0 Å². The molecular weight excluding hydrogens is 473 g/mol. The van der Waals surface area contributed by atoms with Crippen molar-refractivity contribution >= 4 is 68.4 Å². The molecule has 0 N–H and O–H groups in total. The minimum atomic E-state index is 0.548. The highest BCUT2D eigenvalue weighted by Gasteiger charge is 2.12. The van der Waals surface area contributed by atoms with Gasteiger partial charge in [-0.15, -0.1) is 0 Å². The van der Waals surface area contributed by atoms with Crippen LogP contribution in [-0.2, 0) is 7.05 Å². The van der Waals surface area contributed by atoms with Crippen molar-refractivity contribution in [1.82, 2.24) is 9.55 Å². The maximum absolute atomic E-state index is 5.99. The van der Waals surface area contributed by atoms with Crippen molar-refractivity contribution in [3.05, 3.63) is 35.6 Å². The summed E-state index contributed by atoms with van der Waals surface area (Å²) in [6.07, 6.45) is 0. The first kappa shape index (κ1) is 12.9. The van der Waals surface area contributed by atoms with Gasteiger partial charge in [-0.1, -0.05) is 23.2 Å². The van der Waals surface area contributed by atoms with Crippen molar-refractivity contribution in [2.45, 2.75) is 0 Å². The summed E-state index contributed by atoms with van der Waals surface area (Å²) in [5.74, 6) is 0.896. The zero-order valence-electron chi connectivity index (χ0n) is 8.14. The van der Waals surface area contributed by atoms with E-state index in [2.05, 4.69) is 50.2 Å². The van der Waals surface area contributed by atoms with Crippen LogP contribution in [0.2, 0.25) is 10.0 Å². The lowest BCUT2D eigenvalue weighted by atomic mass is 10.2. The molecule has 0 aliphatic carbocycles. The monoisotopic (exact) mass is 478 g/mol. The lowest BCUT2D eigenvalue weighted by Crippen LogP contribution is -1.94. The standard InChI is InChI=1S/C10H6Cl2I2N2/c1-16-9(14)8(13)15-10(16)5-2-3-6(11)7(12)4-5/h2-4H,1H3. The third kappa shape index (κ3) is 2.34. The second-order valence-corrected chi connectivity index (χ2v) is 6.06. The number of halogens is 4. The van der Waals surface area contributed by atoms with Crippen LogP contribution in [-0.4, -0.2) is 9.55 Å². The molecule has 0 aliphatic heterocycles. The third-order valence-corrected chi connectivity index (χ3v) is 5.92. The Morgan fingerprint density at radius 1 is 1.19 bits per heavy atom. The quantitative estimate of drug-likeness (QED) is 0.548. The molecule has 0 fully saturated rings. The van der Waals surface area contributed by atoms with Gasteiger partial charge in [0.05, 0.1) is 10.0 Å². The summed E-state index contributed by atoms with van der Waals surface area (Å²) in [4.78, 5) is 4.49. The first-order valence-corrected chi connectivity index (χ1v) is 7.25. The van der Waals surface area contributed by atoms with Crippen molar-refractivity contribution in [1.29, 1.82) is 0 Å². The molecule has 2 rings (SSSR count). The van der Waals surface area contributed by atoms with Crippen LogP contribution in [0.4, 0.5) is 0 Å². The van der Waals surface area contributed by atoms with Crippen LogP contribution < -0.4 is 0 Å². The van der Waals surface area contributed by atoms with E-state index in [1.54, 1.807) is 6.07 Å². The third-order valence-electron chi connectivity index (χ3n) is 2.16. The lowest BCUT2D eigenvalue weighted by molar-refractivity contribution is 0.898. The van der Waals surface area contributed by atoms with E-state index in [1.807, 2.05) is 23.7 Å². The Bertz CT molecular complexity index is 552. The van der Waals surface area contributed by atoms with Gasteiger partial charge in [0.1, 0.15) is 13.2 Å². The highest BCUT2D eigenvalue weighted by Crippen LogP contribution is 2.29. The normalized spacial score (nSPS) is 10.8. The number of aromatic nitrogens is 2. The highest BCUT2D eigenvalue weighted by atomic mass is 127. The Kier molecular flexibility index (Phi) is 4.03. The predicted molar refractivity (Wildman–Crippen MR) is 84.1 cm³/mol. The number of hydrogen-bond acceptors (Lipinski definition) is 1. The van der Waals surface area contributed by atoms with Gasteiger partial charge in [-0.05, 0) is 63.4 Å². The van der Waals surface area contributed by atoms with Crippen LogP contribution in [0, 0.1) is 7.40 Å². The Labute approximate surface area is 131 Å². The Morgan fingerprint density at radius 2 is 1.88 bits per heavy atom. The zero-order valence-corrected chi connectivity index (χ0v) is 14.0. The molecule has 84 valence electrons. The van der Waals surface area contributed by atoms with Gasteiger partial charge in [0.15, 0.2) is 0 Å². The summed E-state index contributed by atoms with van der Waals surface area (Å²) in [6.45, 7) is 0. The summed E-state index contributed by atoms with van der Waals surface area (Å²) in [6, 6.07) is 5.54. The van der Waals surface area contributed by atoms with Crippen molar-refractivity contribution in [2.75, 3.05) is 0 Å². The zero-order chi connectivity index (χ0) is 11.9. The van der Waals surface area contributed by atoms with E-state index in [4.69, 9.17) is 23.2 Å². The van der Waals surface area contributed by atoms with Gasteiger partial charge < -0.3 is 4.57 Å². The molecule has 16 heavy (non-hydrogen) atoms. The SMILES string of the molecule is Cn1c(-c2ccc(Cl)c(Cl)c2)nc(I)c1I. The number of benzene rings is 1. The molecule has 0 radical (unpaired) electrons. The van der Waals surface area contributed by atoms with E-state index in [0.717, 1.165) is 18.8 Å². The summed E-state index contributed by atoms with van der Waals surface area (Å²) in [7, 11) is 1.98. The van der Waals surface area contributed by atoms with E-state index in [0.29, 0.717) is 10.0 Å². The molecular formula is C10H6Cl2I2N2. The molecule has 0 aliphatic rings. The number of imidazole rings is 1. The molecule has 2 nitrogen and oxygen atoms in total. The molecule has 0 bridgehead atoms. The lowest BCUT2D eigenvalue weighted by Gasteiger charge is -2.03. The Morgan fingerprint density at radius 3 is 2.38 bits per heavy atom. The average molecular weight is 479 g/mol. The Balaban J connectivity index is 2.59. The summed E-state index contributed by atoms with van der Waals surface area (Å²) >= 11 is 16.4. The first-order chi connectivity index (χ1) is 7.50. The van der Waals surface area contributed by atoms with Crippen molar-refractivity contribution < 1.29 is 0 Å². The van der Waals surface area contributed by atoms with E-state index in [1.165, 1.54) is 0 Å². The summed E-state index contributed by atoms with van der Waals surface area (Å²) in [5, 5.41) is 1.11. The largest absolute Gasteiger partial charge is 0.322 e. The maximum Gasteiger partial charge on any atom is 0.141 e. The van der Waals surface area contributed by atoms with Gasteiger partial charge in [-0.3, -0.25) is 0 Å². The molecule has 2 aromatic rings. The van der Waals surface area contributed by atoms with Crippen LogP contribution in [0.1, 0.15) is 0 Å². The molecule has 0 atom stereocenters. The molecule has 0 unspecified atom stereocenters. The van der Waals surface area contributed by atoms with E-state index < -0.39 is 0 Å². The topological polar surface area (TPSA) is 17.8 Å². The molecule has 6 heteroatoms. The van der Waals surface area contributed by atoms with E-state index in [-0.39, 0.29) is 0 Å². The van der Waals surface area contributed by atoms with Gasteiger partial charge in [0.2, 0.25) is 0 Å². The number of rotatable bonds is 1. The van der Waals surface area contributed by atoms with E-state index >= 15 is 0 Å². The van der Waals surface area contributed by atoms with Gasteiger partial charge in [-0.25, -0.2) is 4.98 Å². The second-order valence-electron chi connectivity index (χ2n) is 3.20. The van der Waals surface area contributed by atoms with Crippen molar-refractivity contribution in [2.24, 2.45) is 7.05 Å². The fourth-order valence-corrected chi connectivity index (χ4v) is 2.58. The Hall–Kier alpha value is 0.470. The molecule has 1 heterocycles. The summed E-state index contributed by atoms with van der Waals surface area (Å²) < 4.78 is 4.13. The minimum absolute atomic E-state index is 0.548. The smallest absolute Gasteiger partial charge is 0.141 e. The van der Waals surface area contributed by atoms with Crippen molar-refractivity contribution in [3.8, 4) is 11.4 Å². The van der Waals surface area contributed by atoms with Gasteiger partial charge in [-0.2, -0.15) is 0 Å². The molecule has 0 saturated heterocycles. The van der Waals surface area contributed by atoms with Crippen LogP contribution in [0.5, 0.6) is 0 Å². The maximum atomic E-state index is 5.99. The second kappa shape index (κ2) is 4.99. The van der Waals surface area contributed by atoms with Crippen LogP contribution in [0.15, 0.2) is 18.2 Å². The number of nitrogens with zero attached hydrogens (tertiary/aromatic N) is 2. The predicted octanol–water partition coefficient (Wildman–Crippen LogP) is 4.60. The van der Waals surface area contributed by atoms with Crippen LogP contribution >= 0.6 is 68.4 Å². The fraction of sp³-hybridized carbons (Fsp3) is 0.100. The first-order valence-electron chi connectivity index (χ1n) is 4.34. The van der Waals surface area contributed by atoms with Gasteiger partial charge >= 0.3 is 0 Å². The van der Waals surface area contributed by atoms with Gasteiger partial charge in [0, 0.05) is 12.6 Å². The molecule has 1 aromatic carbocycles. The number of hydrogen-bond donors (Lipinski definition) is 0. The van der Waals surface area contributed by atoms with Gasteiger partial charge in [0.25, 0.3) is 0 Å². The molecule has 0 amide bonds. The molecule has 0 spiro atoms.